The fourth-order valence-corrected chi connectivity index (χ4v) is 2.19. The number of rotatable bonds is 3. The minimum absolute atomic E-state index is 0.0355. The quantitative estimate of drug-likeness (QED) is 0.790. The van der Waals surface area contributed by atoms with Gasteiger partial charge in [-0.1, -0.05) is 13.0 Å². The molecule has 2 heterocycles. The molecule has 1 amide bonds. The van der Waals surface area contributed by atoms with Crippen LogP contribution in [0.15, 0.2) is 18.3 Å². The number of aromatic nitrogens is 1. The topological polar surface area (TPSA) is 65.5 Å². The van der Waals surface area contributed by atoms with Crippen molar-refractivity contribution < 1.29 is 9.90 Å². The van der Waals surface area contributed by atoms with Crippen LogP contribution in [0.5, 0.6) is 0 Å². The maximum atomic E-state index is 11.8. The number of pyridine rings is 1. The van der Waals surface area contributed by atoms with Gasteiger partial charge in [0, 0.05) is 24.8 Å². The van der Waals surface area contributed by atoms with Gasteiger partial charge in [0.2, 0.25) is 5.91 Å². The molecule has 0 saturated carbocycles. The van der Waals surface area contributed by atoms with E-state index in [-0.39, 0.29) is 18.6 Å². The smallest absolute Gasteiger partial charge is 0.242 e. The van der Waals surface area contributed by atoms with Crippen molar-refractivity contribution in [1.29, 1.82) is 0 Å². The molecule has 1 aromatic rings. The summed E-state index contributed by atoms with van der Waals surface area (Å²) in [4.78, 5) is 18.0. The van der Waals surface area contributed by atoms with Gasteiger partial charge in [0.05, 0.1) is 6.61 Å². The Balaban J connectivity index is 2.33. The first-order valence-electron chi connectivity index (χ1n) is 5.87. The maximum absolute atomic E-state index is 11.8. The van der Waals surface area contributed by atoms with Crippen LogP contribution in [0, 0.1) is 0 Å². The van der Waals surface area contributed by atoms with Crippen molar-refractivity contribution in [2.24, 2.45) is 0 Å². The van der Waals surface area contributed by atoms with E-state index in [9.17, 15) is 9.90 Å². The molecule has 0 spiro atoms. The molecule has 2 rings (SSSR count). The van der Waals surface area contributed by atoms with Crippen LogP contribution in [0.25, 0.3) is 0 Å². The second-order valence-corrected chi connectivity index (χ2v) is 4.05. The van der Waals surface area contributed by atoms with E-state index in [4.69, 9.17) is 0 Å². The third kappa shape index (κ3) is 2.24. The summed E-state index contributed by atoms with van der Waals surface area (Å²) in [5, 5.41) is 12.2. The van der Waals surface area contributed by atoms with E-state index in [0.29, 0.717) is 6.54 Å². The van der Waals surface area contributed by atoms with Crippen molar-refractivity contribution in [3.05, 3.63) is 23.9 Å². The fourth-order valence-electron chi connectivity index (χ4n) is 2.19. The predicted molar refractivity (Wildman–Crippen MR) is 64.6 cm³/mol. The Hall–Kier alpha value is -1.62. The first kappa shape index (κ1) is 11.9. The molecule has 0 bridgehead atoms. The number of carbonyl (C=O) groups excluding carboxylic acids is 1. The molecule has 0 aromatic carbocycles. The number of nitrogens with one attached hydrogen (secondary N) is 1. The van der Waals surface area contributed by atoms with Crippen molar-refractivity contribution in [1.82, 2.24) is 10.3 Å². The molecule has 92 valence electrons. The molecule has 1 saturated heterocycles. The number of carbonyl (C=O) groups is 1. The predicted octanol–water partition coefficient (Wildman–Crippen LogP) is 0.289. The molecule has 1 unspecified atom stereocenters. The molecule has 5 heteroatoms. The summed E-state index contributed by atoms with van der Waals surface area (Å²) in [6.45, 7) is 3.27. The van der Waals surface area contributed by atoms with E-state index < -0.39 is 0 Å². The summed E-state index contributed by atoms with van der Waals surface area (Å²) in [7, 11) is 0. The molecule has 2 N–H and O–H groups in total. The van der Waals surface area contributed by atoms with Crippen molar-refractivity contribution in [3.8, 4) is 0 Å². The molecule has 1 fully saturated rings. The highest BCUT2D eigenvalue weighted by Crippen LogP contribution is 2.22. The molecular weight excluding hydrogens is 218 g/mol. The number of piperazine rings is 1. The largest absolute Gasteiger partial charge is 0.392 e. The molecule has 1 aliphatic heterocycles. The van der Waals surface area contributed by atoms with Crippen LogP contribution in [-0.4, -0.2) is 35.1 Å². The van der Waals surface area contributed by atoms with Gasteiger partial charge in [0.25, 0.3) is 0 Å². The highest BCUT2D eigenvalue weighted by atomic mass is 16.3. The first-order valence-corrected chi connectivity index (χ1v) is 5.87. The number of anilines is 1. The van der Waals surface area contributed by atoms with Gasteiger partial charge in [0.1, 0.15) is 11.9 Å². The van der Waals surface area contributed by atoms with Crippen LogP contribution in [0.3, 0.4) is 0 Å². The maximum Gasteiger partial charge on any atom is 0.242 e. The fraction of sp³-hybridized carbons (Fsp3) is 0.500. The minimum atomic E-state index is -0.191. The molecule has 0 aliphatic carbocycles. The lowest BCUT2D eigenvalue weighted by Gasteiger charge is -2.36. The van der Waals surface area contributed by atoms with Crippen LogP contribution in [0.2, 0.25) is 0 Å². The molecule has 0 radical (unpaired) electrons. The van der Waals surface area contributed by atoms with Gasteiger partial charge in [-0.25, -0.2) is 4.98 Å². The first-order chi connectivity index (χ1) is 8.27. The highest BCUT2D eigenvalue weighted by Gasteiger charge is 2.29. The van der Waals surface area contributed by atoms with Crippen molar-refractivity contribution >= 4 is 11.7 Å². The van der Waals surface area contributed by atoms with Crippen LogP contribution >= 0.6 is 0 Å². The minimum Gasteiger partial charge on any atom is -0.392 e. The second-order valence-electron chi connectivity index (χ2n) is 4.05. The Labute approximate surface area is 100 Å². The Bertz CT molecular complexity index is 408. The Morgan fingerprint density at radius 1 is 1.65 bits per heavy atom. The number of nitrogens with zero attached hydrogens (tertiary/aromatic N) is 2. The lowest BCUT2D eigenvalue weighted by Crippen LogP contribution is -2.55. The zero-order valence-electron chi connectivity index (χ0n) is 9.89. The molecular formula is C12H17N3O2. The average Bonchev–Trinajstić information content (AvgIpc) is 2.38. The Morgan fingerprint density at radius 2 is 2.47 bits per heavy atom. The normalized spacial score (nSPS) is 20.2. The number of amides is 1. The third-order valence-electron chi connectivity index (χ3n) is 3.03. The molecule has 1 aromatic heterocycles. The van der Waals surface area contributed by atoms with Gasteiger partial charge in [-0.3, -0.25) is 4.79 Å². The van der Waals surface area contributed by atoms with E-state index in [1.165, 1.54) is 0 Å². The van der Waals surface area contributed by atoms with Gasteiger partial charge < -0.3 is 15.3 Å². The average molecular weight is 235 g/mol. The summed E-state index contributed by atoms with van der Waals surface area (Å²) >= 11 is 0. The zero-order chi connectivity index (χ0) is 12.3. The van der Waals surface area contributed by atoms with Crippen molar-refractivity contribution in [2.75, 3.05) is 18.0 Å². The van der Waals surface area contributed by atoms with E-state index in [1.54, 1.807) is 12.3 Å². The van der Waals surface area contributed by atoms with Crippen LogP contribution in [0.1, 0.15) is 18.9 Å². The summed E-state index contributed by atoms with van der Waals surface area (Å²) in [5.41, 5.74) is 0.764. The van der Waals surface area contributed by atoms with Gasteiger partial charge in [0.15, 0.2) is 0 Å². The third-order valence-corrected chi connectivity index (χ3v) is 3.03. The van der Waals surface area contributed by atoms with Gasteiger partial charge in [-0.2, -0.15) is 0 Å². The van der Waals surface area contributed by atoms with Crippen molar-refractivity contribution in [3.63, 3.8) is 0 Å². The van der Waals surface area contributed by atoms with Crippen LogP contribution in [0.4, 0.5) is 5.82 Å². The lowest BCUT2D eigenvalue weighted by atomic mass is 10.1. The van der Waals surface area contributed by atoms with Crippen LogP contribution < -0.4 is 10.2 Å². The summed E-state index contributed by atoms with van der Waals surface area (Å²) in [5.74, 6) is 0.755. The summed E-state index contributed by atoms with van der Waals surface area (Å²) < 4.78 is 0. The summed E-state index contributed by atoms with van der Waals surface area (Å²) in [6.07, 6.45) is 2.42. The van der Waals surface area contributed by atoms with E-state index in [2.05, 4.69) is 10.3 Å². The van der Waals surface area contributed by atoms with Gasteiger partial charge in [-0.15, -0.1) is 0 Å². The van der Waals surface area contributed by atoms with Gasteiger partial charge in [-0.05, 0) is 12.5 Å². The van der Waals surface area contributed by atoms with Crippen molar-refractivity contribution in [2.45, 2.75) is 26.0 Å². The number of aliphatic hydroxyl groups excluding tert-OH is 1. The standard InChI is InChI=1S/C12H17N3O2/c1-2-10-12(17)14-6-7-15(10)11-9(8-16)4-3-5-13-11/h3-5,10,16H,2,6-8H2,1H3,(H,14,17). The lowest BCUT2D eigenvalue weighted by molar-refractivity contribution is -0.123. The monoisotopic (exact) mass is 235 g/mol. The van der Waals surface area contributed by atoms with E-state index >= 15 is 0 Å². The zero-order valence-corrected chi connectivity index (χ0v) is 9.89. The van der Waals surface area contributed by atoms with E-state index in [0.717, 1.165) is 24.3 Å². The van der Waals surface area contributed by atoms with Gasteiger partial charge >= 0.3 is 0 Å². The number of hydrogen-bond acceptors (Lipinski definition) is 4. The Morgan fingerprint density at radius 3 is 3.18 bits per heavy atom. The molecule has 1 aliphatic rings. The number of aliphatic hydroxyl groups is 1. The second kappa shape index (κ2) is 5.14. The SMILES string of the molecule is CCC1C(=O)NCCN1c1ncccc1CO. The number of hydrogen-bond donors (Lipinski definition) is 2. The Kier molecular flexibility index (Phi) is 3.58. The van der Waals surface area contributed by atoms with Crippen LogP contribution in [-0.2, 0) is 11.4 Å². The summed E-state index contributed by atoms with van der Waals surface area (Å²) in [6, 6.07) is 3.44. The molecule has 5 nitrogen and oxygen atoms in total. The highest BCUT2D eigenvalue weighted by molar-refractivity contribution is 5.86. The van der Waals surface area contributed by atoms with E-state index in [1.807, 2.05) is 17.9 Å². The molecule has 17 heavy (non-hydrogen) atoms. The molecule has 1 atom stereocenters.